The molecule has 6 nitrogen and oxygen atoms in total. The maximum Gasteiger partial charge on any atom is 0.263 e. The maximum atomic E-state index is 11.6. The van der Waals surface area contributed by atoms with Crippen molar-refractivity contribution in [2.24, 2.45) is 0 Å². The summed E-state index contributed by atoms with van der Waals surface area (Å²) in [5.74, 6) is 0.845. The minimum absolute atomic E-state index is 0.0517. The smallest absolute Gasteiger partial charge is 0.263 e. The number of aryl methyl sites for hydroxylation is 1. The topological polar surface area (TPSA) is 79.9 Å². The quantitative estimate of drug-likeness (QED) is 0.835. The molecule has 94 valence electrons. The number of rotatable bonds is 5. The Morgan fingerprint density at radius 1 is 1.44 bits per heavy atom. The van der Waals surface area contributed by atoms with E-state index in [2.05, 4.69) is 20.7 Å². The van der Waals surface area contributed by atoms with Gasteiger partial charge in [0.1, 0.15) is 5.75 Å². The van der Waals surface area contributed by atoms with Crippen molar-refractivity contribution in [3.05, 3.63) is 36.0 Å². The summed E-state index contributed by atoms with van der Waals surface area (Å²) in [4.78, 5) is 11.6. The number of aromatic amines is 1. The number of carbonyl (C=O) groups excluding carboxylic acids is 1. The molecule has 1 aromatic heterocycles. The van der Waals surface area contributed by atoms with E-state index >= 15 is 0 Å². The Hall–Kier alpha value is -2.37. The average Bonchev–Trinajstić information content (AvgIpc) is 2.89. The number of ether oxygens (including phenoxy) is 1. The van der Waals surface area contributed by atoms with Gasteiger partial charge in [-0.15, -0.1) is 5.10 Å². The molecule has 0 atom stereocenters. The van der Waals surface area contributed by atoms with Crippen LogP contribution in [-0.4, -0.2) is 27.9 Å². The number of nitrogens with one attached hydrogen (secondary N) is 2. The third kappa shape index (κ3) is 3.07. The van der Waals surface area contributed by atoms with Crippen molar-refractivity contribution >= 4 is 11.7 Å². The Balaban J connectivity index is 1.89. The van der Waals surface area contributed by atoms with Crippen molar-refractivity contribution in [1.82, 2.24) is 15.4 Å². The molecule has 18 heavy (non-hydrogen) atoms. The number of hydrogen-bond acceptors (Lipinski definition) is 4. The normalized spacial score (nSPS) is 10.1. The number of anilines is 1. The van der Waals surface area contributed by atoms with Crippen molar-refractivity contribution in [1.29, 1.82) is 0 Å². The maximum absolute atomic E-state index is 11.6. The zero-order valence-electron chi connectivity index (χ0n) is 10.0. The van der Waals surface area contributed by atoms with Crippen molar-refractivity contribution in [2.75, 3.05) is 11.9 Å². The average molecular weight is 246 g/mol. The first-order valence-electron chi connectivity index (χ1n) is 5.66. The number of nitrogens with zero attached hydrogens (tertiary/aromatic N) is 2. The first kappa shape index (κ1) is 12.1. The summed E-state index contributed by atoms with van der Waals surface area (Å²) in [5.41, 5.74) is 1.08. The van der Waals surface area contributed by atoms with Crippen LogP contribution in [0.4, 0.5) is 5.82 Å². The minimum atomic E-state index is -0.269. The van der Waals surface area contributed by atoms with Gasteiger partial charge in [-0.2, -0.15) is 10.3 Å². The molecule has 2 rings (SSSR count). The molecule has 1 aromatic carbocycles. The second-order valence-electron chi connectivity index (χ2n) is 3.65. The molecule has 0 bridgehead atoms. The predicted molar refractivity (Wildman–Crippen MR) is 66.3 cm³/mol. The fourth-order valence-electron chi connectivity index (χ4n) is 1.52. The Morgan fingerprint density at radius 3 is 3.00 bits per heavy atom. The number of carbonyl (C=O) groups is 1. The van der Waals surface area contributed by atoms with Crippen LogP contribution in [0, 0.1) is 0 Å². The fraction of sp³-hybridized carbons (Fsp3) is 0.250. The van der Waals surface area contributed by atoms with Crippen LogP contribution < -0.4 is 10.1 Å². The second-order valence-corrected chi connectivity index (χ2v) is 3.65. The second kappa shape index (κ2) is 5.81. The first-order chi connectivity index (χ1) is 8.79. The highest BCUT2D eigenvalue weighted by molar-refractivity contribution is 5.90. The molecule has 1 heterocycles. The fourth-order valence-corrected chi connectivity index (χ4v) is 1.52. The van der Waals surface area contributed by atoms with Gasteiger partial charge in [-0.3, -0.25) is 4.79 Å². The molecule has 0 aliphatic carbocycles. The van der Waals surface area contributed by atoms with Gasteiger partial charge in [-0.1, -0.05) is 25.1 Å². The highest BCUT2D eigenvalue weighted by Crippen LogP contribution is 2.18. The SMILES string of the molecule is CCc1ccccc1OCC(=O)Nc1cn[nH]n1. The van der Waals surface area contributed by atoms with Crippen LogP contribution in [0.15, 0.2) is 30.5 Å². The van der Waals surface area contributed by atoms with E-state index < -0.39 is 0 Å². The van der Waals surface area contributed by atoms with Crippen LogP contribution in [0.3, 0.4) is 0 Å². The molecule has 1 amide bonds. The number of para-hydroxylation sites is 1. The summed E-state index contributed by atoms with van der Waals surface area (Å²) in [6.07, 6.45) is 2.29. The molecule has 2 aromatic rings. The van der Waals surface area contributed by atoms with E-state index in [1.165, 1.54) is 6.20 Å². The van der Waals surface area contributed by atoms with Gasteiger partial charge >= 0.3 is 0 Å². The summed E-state index contributed by atoms with van der Waals surface area (Å²) < 4.78 is 5.47. The van der Waals surface area contributed by atoms with E-state index in [4.69, 9.17) is 4.74 Å². The molecule has 2 N–H and O–H groups in total. The number of aromatic nitrogens is 3. The van der Waals surface area contributed by atoms with Crippen LogP contribution in [0.25, 0.3) is 0 Å². The Kier molecular flexibility index (Phi) is 3.90. The molecular formula is C12H14N4O2. The van der Waals surface area contributed by atoms with Crippen molar-refractivity contribution < 1.29 is 9.53 Å². The van der Waals surface area contributed by atoms with E-state index in [1.807, 2.05) is 31.2 Å². The molecule has 6 heteroatoms. The number of hydrogen-bond donors (Lipinski definition) is 2. The van der Waals surface area contributed by atoms with Gasteiger partial charge in [0.15, 0.2) is 12.4 Å². The van der Waals surface area contributed by atoms with Gasteiger partial charge in [-0.25, -0.2) is 0 Å². The third-order valence-corrected chi connectivity index (χ3v) is 2.39. The number of benzene rings is 1. The van der Waals surface area contributed by atoms with Crippen molar-refractivity contribution in [3.63, 3.8) is 0 Å². The van der Waals surface area contributed by atoms with Crippen LogP contribution in [-0.2, 0) is 11.2 Å². The van der Waals surface area contributed by atoms with Crippen LogP contribution in [0.2, 0.25) is 0 Å². The lowest BCUT2D eigenvalue weighted by Gasteiger charge is -2.09. The summed E-state index contributed by atoms with van der Waals surface area (Å²) in [7, 11) is 0. The Labute approximate surface area is 104 Å². The van der Waals surface area contributed by atoms with Gasteiger partial charge in [0.25, 0.3) is 5.91 Å². The molecule has 0 radical (unpaired) electrons. The summed E-state index contributed by atoms with van der Waals surface area (Å²) in [5, 5.41) is 12.3. The molecule has 0 aliphatic rings. The first-order valence-corrected chi connectivity index (χ1v) is 5.66. The highest BCUT2D eigenvalue weighted by atomic mass is 16.5. The van der Waals surface area contributed by atoms with Crippen LogP contribution in [0.5, 0.6) is 5.75 Å². The monoisotopic (exact) mass is 246 g/mol. The zero-order chi connectivity index (χ0) is 12.8. The molecule has 0 spiro atoms. The van der Waals surface area contributed by atoms with Gasteiger partial charge in [0.2, 0.25) is 0 Å². The predicted octanol–water partition coefficient (Wildman–Crippen LogP) is 1.38. The zero-order valence-corrected chi connectivity index (χ0v) is 10.0. The van der Waals surface area contributed by atoms with Crippen molar-refractivity contribution in [2.45, 2.75) is 13.3 Å². The number of amides is 1. The highest BCUT2D eigenvalue weighted by Gasteiger charge is 2.07. The Morgan fingerprint density at radius 2 is 2.28 bits per heavy atom. The lowest BCUT2D eigenvalue weighted by Crippen LogP contribution is -2.20. The Bertz CT molecular complexity index is 511. The van der Waals surface area contributed by atoms with Gasteiger partial charge in [-0.05, 0) is 18.1 Å². The molecule has 0 aliphatic heterocycles. The van der Waals surface area contributed by atoms with E-state index in [-0.39, 0.29) is 12.5 Å². The molecule has 0 unspecified atom stereocenters. The summed E-state index contributed by atoms with van der Waals surface area (Å²) in [6.45, 7) is 1.99. The molecular weight excluding hydrogens is 232 g/mol. The van der Waals surface area contributed by atoms with Gasteiger partial charge < -0.3 is 10.1 Å². The lowest BCUT2D eigenvalue weighted by molar-refractivity contribution is -0.118. The van der Waals surface area contributed by atoms with Gasteiger partial charge in [0, 0.05) is 0 Å². The number of H-pyrrole nitrogens is 1. The molecule has 0 saturated carbocycles. The summed E-state index contributed by atoms with van der Waals surface area (Å²) in [6, 6.07) is 7.65. The lowest BCUT2D eigenvalue weighted by atomic mass is 10.1. The minimum Gasteiger partial charge on any atom is -0.483 e. The van der Waals surface area contributed by atoms with Gasteiger partial charge in [0.05, 0.1) is 6.20 Å². The largest absolute Gasteiger partial charge is 0.483 e. The third-order valence-electron chi connectivity index (χ3n) is 2.39. The molecule has 0 saturated heterocycles. The van der Waals surface area contributed by atoms with Crippen LogP contribution in [0.1, 0.15) is 12.5 Å². The standard InChI is InChI=1S/C12H14N4O2/c1-2-9-5-3-4-6-10(9)18-8-12(17)14-11-7-13-16-15-11/h3-7H,2,8H2,1H3,(H2,13,14,15,16,17). The van der Waals surface area contributed by atoms with Crippen molar-refractivity contribution in [3.8, 4) is 5.75 Å². The van der Waals surface area contributed by atoms with E-state index in [0.29, 0.717) is 5.82 Å². The van der Waals surface area contributed by atoms with Crippen LogP contribution >= 0.6 is 0 Å². The molecule has 0 fully saturated rings. The van der Waals surface area contributed by atoms with E-state index in [9.17, 15) is 4.79 Å². The van der Waals surface area contributed by atoms with E-state index in [0.717, 1.165) is 17.7 Å². The summed E-state index contributed by atoms with van der Waals surface area (Å²) >= 11 is 0. The van der Waals surface area contributed by atoms with E-state index in [1.54, 1.807) is 0 Å².